The van der Waals surface area contributed by atoms with E-state index < -0.39 is 9.84 Å². The molecule has 4 bridgehead atoms. The standard InChI is InChI=1S/C17H23NO2S/c1-21(19,20)16-4-2-15(3-5-16)18-17-13-7-11-6-12(9-13)10-14(17)8-11/h2-5,11-14,17-18H,6-10H2,1H3. The van der Waals surface area contributed by atoms with Crippen molar-refractivity contribution in [3.8, 4) is 0 Å². The second-order valence-corrected chi connectivity index (χ2v) is 9.41. The third-order valence-electron chi connectivity index (χ3n) is 5.84. The minimum atomic E-state index is -3.10. The fraction of sp³-hybridized carbons (Fsp3) is 0.647. The van der Waals surface area contributed by atoms with Crippen LogP contribution in [0.1, 0.15) is 32.1 Å². The Bertz CT molecular complexity index is 607. The third kappa shape index (κ3) is 2.48. The quantitative estimate of drug-likeness (QED) is 0.931. The first-order valence-electron chi connectivity index (χ1n) is 8.05. The molecule has 0 spiro atoms. The van der Waals surface area contributed by atoms with Crippen LogP contribution in [0.25, 0.3) is 0 Å². The maximum atomic E-state index is 11.5. The lowest BCUT2D eigenvalue weighted by Gasteiger charge is -2.54. The van der Waals surface area contributed by atoms with Gasteiger partial charge in [0.1, 0.15) is 0 Å². The number of sulfone groups is 1. The molecule has 0 radical (unpaired) electrons. The Morgan fingerprint density at radius 2 is 1.43 bits per heavy atom. The van der Waals surface area contributed by atoms with Crippen LogP contribution in [0.4, 0.5) is 5.69 Å². The van der Waals surface area contributed by atoms with Gasteiger partial charge in [-0.1, -0.05) is 0 Å². The topological polar surface area (TPSA) is 46.2 Å². The van der Waals surface area contributed by atoms with Crippen molar-refractivity contribution in [3.63, 3.8) is 0 Å². The van der Waals surface area contributed by atoms with E-state index in [1.807, 2.05) is 12.1 Å². The molecule has 0 saturated heterocycles. The van der Waals surface area contributed by atoms with Crippen molar-refractivity contribution in [2.45, 2.75) is 43.0 Å². The summed E-state index contributed by atoms with van der Waals surface area (Å²) >= 11 is 0. The van der Waals surface area contributed by atoms with Crippen LogP contribution in [0, 0.1) is 23.7 Å². The van der Waals surface area contributed by atoms with Crippen molar-refractivity contribution in [1.29, 1.82) is 0 Å². The zero-order chi connectivity index (χ0) is 14.6. The van der Waals surface area contributed by atoms with E-state index in [0.29, 0.717) is 10.9 Å². The Kier molecular flexibility index (Phi) is 3.07. The lowest BCUT2D eigenvalue weighted by Crippen LogP contribution is -2.51. The first kappa shape index (κ1) is 13.6. The average Bonchev–Trinajstić information content (AvgIpc) is 2.41. The molecular weight excluding hydrogens is 282 g/mol. The summed E-state index contributed by atoms with van der Waals surface area (Å²) in [6, 6.07) is 7.87. The fourth-order valence-electron chi connectivity index (χ4n) is 5.15. The Hall–Kier alpha value is -1.03. The molecule has 0 heterocycles. The molecule has 0 unspecified atom stereocenters. The third-order valence-corrected chi connectivity index (χ3v) is 6.97. The molecule has 0 amide bonds. The lowest BCUT2D eigenvalue weighted by molar-refractivity contribution is 0.00754. The molecule has 1 aromatic carbocycles. The SMILES string of the molecule is CS(=O)(=O)c1ccc(NC2C3CC4CC(C3)CC2C4)cc1. The van der Waals surface area contributed by atoms with Crippen molar-refractivity contribution in [3.05, 3.63) is 24.3 Å². The van der Waals surface area contributed by atoms with Crippen LogP contribution in [0.5, 0.6) is 0 Å². The largest absolute Gasteiger partial charge is 0.382 e. The summed E-state index contributed by atoms with van der Waals surface area (Å²) < 4.78 is 23.0. The van der Waals surface area contributed by atoms with E-state index in [4.69, 9.17) is 0 Å². The number of nitrogens with one attached hydrogen (secondary N) is 1. The number of hydrogen-bond acceptors (Lipinski definition) is 3. The van der Waals surface area contributed by atoms with Gasteiger partial charge in [0.05, 0.1) is 4.90 Å². The van der Waals surface area contributed by atoms with Crippen molar-refractivity contribution >= 4 is 15.5 Å². The molecule has 5 rings (SSSR count). The Morgan fingerprint density at radius 1 is 0.905 bits per heavy atom. The monoisotopic (exact) mass is 305 g/mol. The van der Waals surface area contributed by atoms with E-state index in [9.17, 15) is 8.42 Å². The van der Waals surface area contributed by atoms with Crippen molar-refractivity contribution < 1.29 is 8.42 Å². The van der Waals surface area contributed by atoms with Gasteiger partial charge < -0.3 is 5.32 Å². The predicted octanol–water partition coefficient (Wildman–Crippen LogP) is 3.33. The molecule has 0 aromatic heterocycles. The van der Waals surface area contributed by atoms with E-state index in [-0.39, 0.29) is 0 Å². The van der Waals surface area contributed by atoms with Gasteiger partial charge in [-0.05, 0) is 80.0 Å². The van der Waals surface area contributed by atoms with Crippen LogP contribution in [-0.4, -0.2) is 20.7 Å². The van der Waals surface area contributed by atoms with E-state index in [1.165, 1.54) is 38.4 Å². The lowest BCUT2D eigenvalue weighted by atomic mass is 9.54. The molecule has 21 heavy (non-hydrogen) atoms. The Balaban J connectivity index is 1.51. The van der Waals surface area contributed by atoms with Gasteiger partial charge in [0, 0.05) is 18.0 Å². The number of benzene rings is 1. The summed E-state index contributed by atoms with van der Waals surface area (Å²) in [6.07, 6.45) is 8.31. The second-order valence-electron chi connectivity index (χ2n) is 7.40. The maximum absolute atomic E-state index is 11.5. The molecule has 4 aliphatic carbocycles. The molecular formula is C17H23NO2S. The summed E-state index contributed by atoms with van der Waals surface area (Å²) in [4.78, 5) is 0.401. The van der Waals surface area contributed by atoms with Crippen LogP contribution < -0.4 is 5.32 Å². The zero-order valence-electron chi connectivity index (χ0n) is 12.5. The van der Waals surface area contributed by atoms with Gasteiger partial charge >= 0.3 is 0 Å². The van der Waals surface area contributed by atoms with Crippen LogP contribution in [0.15, 0.2) is 29.2 Å². The summed E-state index contributed by atoms with van der Waals surface area (Å²) in [7, 11) is -3.10. The van der Waals surface area contributed by atoms with E-state index in [1.54, 1.807) is 12.1 Å². The van der Waals surface area contributed by atoms with Crippen molar-refractivity contribution in [2.75, 3.05) is 11.6 Å². The molecule has 4 fully saturated rings. The molecule has 0 aliphatic heterocycles. The van der Waals surface area contributed by atoms with Gasteiger partial charge in [-0.25, -0.2) is 8.42 Å². The normalized spacial score (nSPS) is 37.7. The number of anilines is 1. The second kappa shape index (κ2) is 4.73. The Morgan fingerprint density at radius 3 is 1.90 bits per heavy atom. The van der Waals surface area contributed by atoms with Crippen LogP contribution in [-0.2, 0) is 9.84 Å². The average molecular weight is 305 g/mol. The van der Waals surface area contributed by atoms with Crippen molar-refractivity contribution in [2.24, 2.45) is 23.7 Å². The summed E-state index contributed by atoms with van der Waals surface area (Å²) in [6.45, 7) is 0. The molecule has 4 aliphatic rings. The predicted molar refractivity (Wildman–Crippen MR) is 84.0 cm³/mol. The molecule has 0 atom stereocenters. The molecule has 3 nitrogen and oxygen atoms in total. The van der Waals surface area contributed by atoms with Crippen LogP contribution >= 0.6 is 0 Å². The summed E-state index contributed by atoms with van der Waals surface area (Å²) in [5, 5.41) is 3.71. The highest BCUT2D eigenvalue weighted by Gasteiger charge is 2.48. The smallest absolute Gasteiger partial charge is 0.175 e. The van der Waals surface area contributed by atoms with E-state index in [0.717, 1.165) is 29.4 Å². The fourth-order valence-corrected chi connectivity index (χ4v) is 5.78. The van der Waals surface area contributed by atoms with Gasteiger partial charge in [0.2, 0.25) is 0 Å². The van der Waals surface area contributed by atoms with E-state index in [2.05, 4.69) is 5.32 Å². The van der Waals surface area contributed by atoms with Gasteiger partial charge in [0.15, 0.2) is 9.84 Å². The molecule has 1 aromatic rings. The van der Waals surface area contributed by atoms with Gasteiger partial charge in [-0.2, -0.15) is 0 Å². The summed E-state index contributed by atoms with van der Waals surface area (Å²) in [5.41, 5.74) is 1.07. The zero-order valence-corrected chi connectivity index (χ0v) is 13.3. The molecule has 4 heteroatoms. The first-order chi connectivity index (χ1) is 9.99. The minimum absolute atomic E-state index is 0.401. The van der Waals surface area contributed by atoms with Crippen LogP contribution in [0.3, 0.4) is 0 Å². The molecule has 114 valence electrons. The Labute approximate surface area is 127 Å². The molecule has 4 saturated carbocycles. The number of rotatable bonds is 3. The van der Waals surface area contributed by atoms with Gasteiger partial charge in [-0.15, -0.1) is 0 Å². The van der Waals surface area contributed by atoms with Gasteiger partial charge in [0.25, 0.3) is 0 Å². The highest BCUT2D eigenvalue weighted by Crippen LogP contribution is 2.54. The molecule has 1 N–H and O–H groups in total. The summed E-state index contributed by atoms with van der Waals surface area (Å²) in [5.74, 6) is 3.63. The van der Waals surface area contributed by atoms with E-state index >= 15 is 0 Å². The van der Waals surface area contributed by atoms with Crippen molar-refractivity contribution in [1.82, 2.24) is 0 Å². The highest BCUT2D eigenvalue weighted by molar-refractivity contribution is 7.90. The maximum Gasteiger partial charge on any atom is 0.175 e. The first-order valence-corrected chi connectivity index (χ1v) is 9.95. The van der Waals surface area contributed by atoms with Gasteiger partial charge in [-0.3, -0.25) is 0 Å². The number of hydrogen-bond donors (Lipinski definition) is 1. The minimum Gasteiger partial charge on any atom is -0.382 e. The van der Waals surface area contributed by atoms with Crippen LogP contribution in [0.2, 0.25) is 0 Å². The highest BCUT2D eigenvalue weighted by atomic mass is 32.2.